The highest BCUT2D eigenvalue weighted by Gasteiger charge is 2.30. The van der Waals surface area contributed by atoms with E-state index in [-0.39, 0.29) is 17.8 Å². The summed E-state index contributed by atoms with van der Waals surface area (Å²) >= 11 is 6.04. The van der Waals surface area contributed by atoms with Crippen molar-refractivity contribution in [3.8, 4) is 0 Å². The van der Waals surface area contributed by atoms with E-state index in [1.165, 1.54) is 7.11 Å². The number of halogens is 1. The van der Waals surface area contributed by atoms with Gasteiger partial charge in [0.25, 0.3) is 0 Å². The maximum atomic E-state index is 11.5. The summed E-state index contributed by atoms with van der Waals surface area (Å²) in [6, 6.07) is 3.54. The number of aromatic nitrogens is 1. The van der Waals surface area contributed by atoms with E-state index in [4.69, 9.17) is 16.3 Å². The van der Waals surface area contributed by atoms with Gasteiger partial charge in [0.05, 0.1) is 18.7 Å². The van der Waals surface area contributed by atoms with Crippen LogP contribution in [0.4, 0.5) is 0 Å². The number of methoxy groups -OCH3 is 1. The first-order chi connectivity index (χ1) is 9.67. The Bertz CT molecular complexity index is 511. The molecule has 0 radical (unpaired) electrons. The largest absolute Gasteiger partial charge is 0.469 e. The topological polar surface area (TPSA) is 71.8 Å². The molecule has 1 aliphatic rings. The van der Waals surface area contributed by atoms with Gasteiger partial charge in [0.15, 0.2) is 0 Å². The van der Waals surface area contributed by atoms with Crippen LogP contribution in [0, 0.1) is 11.8 Å². The lowest BCUT2D eigenvalue weighted by Gasteiger charge is -2.27. The van der Waals surface area contributed by atoms with Gasteiger partial charge in [-0.05, 0) is 37.8 Å². The third kappa shape index (κ3) is 3.10. The first-order valence-electron chi connectivity index (χ1n) is 6.58. The standard InChI is InChI=1S/C14H17ClN2O3/c1-20-14(18)10-6-4-9(5-7-10)12(17-19)11-3-2-8-16-13(11)15/h2-3,8-10,19H,4-7H2,1H3/b17-12-/t9-,10-. The first kappa shape index (κ1) is 14.8. The summed E-state index contributed by atoms with van der Waals surface area (Å²) in [5, 5.41) is 13.0. The van der Waals surface area contributed by atoms with Gasteiger partial charge >= 0.3 is 5.97 Å². The molecule has 6 heteroatoms. The minimum absolute atomic E-state index is 0.0550. The zero-order chi connectivity index (χ0) is 14.5. The maximum Gasteiger partial charge on any atom is 0.308 e. The van der Waals surface area contributed by atoms with Crippen molar-refractivity contribution in [3.05, 3.63) is 29.0 Å². The average molecular weight is 297 g/mol. The molecular formula is C14H17ClN2O3. The second-order valence-electron chi connectivity index (χ2n) is 4.90. The molecule has 0 unspecified atom stereocenters. The van der Waals surface area contributed by atoms with Crippen molar-refractivity contribution in [1.29, 1.82) is 0 Å². The Balaban J connectivity index is 2.09. The molecule has 0 aliphatic heterocycles. The Morgan fingerprint density at radius 3 is 2.60 bits per heavy atom. The average Bonchev–Trinajstić information content (AvgIpc) is 2.50. The quantitative estimate of drug-likeness (QED) is 0.306. The Labute approximate surface area is 122 Å². The van der Waals surface area contributed by atoms with Crippen LogP contribution in [-0.4, -0.2) is 29.0 Å². The molecule has 0 amide bonds. The van der Waals surface area contributed by atoms with Gasteiger partial charge in [-0.1, -0.05) is 16.8 Å². The van der Waals surface area contributed by atoms with Gasteiger partial charge in [0, 0.05) is 17.7 Å². The number of nitrogens with zero attached hydrogens (tertiary/aromatic N) is 2. The highest BCUT2D eigenvalue weighted by Crippen LogP contribution is 2.33. The Morgan fingerprint density at radius 2 is 2.05 bits per heavy atom. The molecule has 1 aliphatic carbocycles. The molecule has 1 heterocycles. The fourth-order valence-corrected chi connectivity index (χ4v) is 2.92. The number of rotatable bonds is 3. The molecule has 1 aromatic heterocycles. The number of hydrogen-bond acceptors (Lipinski definition) is 5. The van der Waals surface area contributed by atoms with Crippen molar-refractivity contribution in [2.24, 2.45) is 17.0 Å². The smallest absolute Gasteiger partial charge is 0.308 e. The molecule has 0 spiro atoms. The summed E-state index contributed by atoms with van der Waals surface area (Å²) in [6.45, 7) is 0. The van der Waals surface area contributed by atoms with Gasteiger partial charge < -0.3 is 9.94 Å². The summed E-state index contributed by atoms with van der Waals surface area (Å²) in [7, 11) is 1.41. The van der Waals surface area contributed by atoms with Crippen LogP contribution in [0.2, 0.25) is 5.15 Å². The highest BCUT2D eigenvalue weighted by molar-refractivity contribution is 6.33. The first-order valence-corrected chi connectivity index (χ1v) is 6.95. The molecule has 0 bridgehead atoms. The SMILES string of the molecule is COC(=O)[C@H]1CC[C@H](/C(=N/O)c2cccnc2Cl)CC1. The fraction of sp³-hybridized carbons (Fsp3) is 0.500. The van der Waals surface area contributed by atoms with Crippen molar-refractivity contribution in [1.82, 2.24) is 4.98 Å². The fourth-order valence-electron chi connectivity index (χ4n) is 2.70. The number of hydrogen-bond donors (Lipinski definition) is 1. The van der Waals surface area contributed by atoms with E-state index >= 15 is 0 Å². The van der Waals surface area contributed by atoms with Crippen LogP contribution in [-0.2, 0) is 9.53 Å². The summed E-state index contributed by atoms with van der Waals surface area (Å²) in [4.78, 5) is 15.5. The van der Waals surface area contributed by atoms with E-state index in [1.807, 2.05) is 0 Å². The van der Waals surface area contributed by atoms with E-state index in [0.717, 1.165) is 25.7 Å². The van der Waals surface area contributed by atoms with Gasteiger partial charge in [0.1, 0.15) is 5.15 Å². The summed E-state index contributed by atoms with van der Waals surface area (Å²) in [5.41, 5.74) is 1.20. The van der Waals surface area contributed by atoms with Crippen LogP contribution in [0.15, 0.2) is 23.5 Å². The highest BCUT2D eigenvalue weighted by atomic mass is 35.5. The van der Waals surface area contributed by atoms with E-state index in [2.05, 4.69) is 10.1 Å². The predicted molar refractivity (Wildman–Crippen MR) is 75.0 cm³/mol. The Kier molecular flexibility index (Phi) is 4.95. The molecule has 1 fully saturated rings. The van der Waals surface area contributed by atoms with Gasteiger partial charge in [-0.2, -0.15) is 0 Å². The summed E-state index contributed by atoms with van der Waals surface area (Å²) < 4.78 is 4.77. The normalized spacial score (nSPS) is 23.4. The van der Waals surface area contributed by atoms with Crippen LogP contribution in [0.1, 0.15) is 31.2 Å². The van der Waals surface area contributed by atoms with Gasteiger partial charge in [-0.3, -0.25) is 4.79 Å². The van der Waals surface area contributed by atoms with Crippen molar-refractivity contribution in [3.63, 3.8) is 0 Å². The number of esters is 1. The number of ether oxygens (including phenoxy) is 1. The molecule has 0 atom stereocenters. The van der Waals surface area contributed by atoms with Crippen molar-refractivity contribution >= 4 is 23.3 Å². The molecule has 1 aromatic rings. The van der Waals surface area contributed by atoms with E-state index in [1.54, 1.807) is 18.3 Å². The maximum absolute atomic E-state index is 11.5. The van der Waals surface area contributed by atoms with Gasteiger partial charge in [-0.15, -0.1) is 0 Å². The van der Waals surface area contributed by atoms with Crippen molar-refractivity contribution in [2.75, 3.05) is 7.11 Å². The van der Waals surface area contributed by atoms with Crippen LogP contribution < -0.4 is 0 Å². The van der Waals surface area contributed by atoms with Crippen molar-refractivity contribution in [2.45, 2.75) is 25.7 Å². The van der Waals surface area contributed by atoms with Crippen molar-refractivity contribution < 1.29 is 14.7 Å². The summed E-state index contributed by atoms with van der Waals surface area (Å²) in [5.74, 6) is -0.131. The number of pyridine rings is 1. The molecule has 0 aromatic carbocycles. The van der Waals surface area contributed by atoms with Crippen LogP contribution in [0.25, 0.3) is 0 Å². The monoisotopic (exact) mass is 296 g/mol. The number of carbonyl (C=O) groups excluding carboxylic acids is 1. The van der Waals surface area contributed by atoms with Gasteiger partial charge in [-0.25, -0.2) is 4.98 Å². The molecule has 1 N–H and O–H groups in total. The van der Waals surface area contributed by atoms with Crippen LogP contribution >= 0.6 is 11.6 Å². The van der Waals surface area contributed by atoms with Crippen LogP contribution in [0.5, 0.6) is 0 Å². The number of oxime groups is 1. The zero-order valence-electron chi connectivity index (χ0n) is 11.3. The van der Waals surface area contributed by atoms with Gasteiger partial charge in [0.2, 0.25) is 0 Å². The molecule has 5 nitrogen and oxygen atoms in total. The lowest BCUT2D eigenvalue weighted by molar-refractivity contribution is -0.146. The lowest BCUT2D eigenvalue weighted by Crippen LogP contribution is -2.27. The molecular weight excluding hydrogens is 280 g/mol. The Hall–Kier alpha value is -1.62. The van der Waals surface area contributed by atoms with E-state index in [0.29, 0.717) is 16.4 Å². The Morgan fingerprint density at radius 1 is 1.40 bits per heavy atom. The van der Waals surface area contributed by atoms with E-state index < -0.39 is 0 Å². The van der Waals surface area contributed by atoms with Crippen LogP contribution in [0.3, 0.4) is 0 Å². The minimum Gasteiger partial charge on any atom is -0.469 e. The predicted octanol–water partition coefficient (Wildman–Crippen LogP) is 2.89. The number of carbonyl (C=O) groups is 1. The molecule has 108 valence electrons. The van der Waals surface area contributed by atoms with E-state index in [9.17, 15) is 10.0 Å². The summed E-state index contributed by atoms with van der Waals surface area (Å²) in [6.07, 6.45) is 4.59. The molecule has 2 rings (SSSR count). The zero-order valence-corrected chi connectivity index (χ0v) is 12.0. The molecule has 1 saturated carbocycles. The molecule has 0 saturated heterocycles. The lowest BCUT2D eigenvalue weighted by atomic mass is 9.78. The molecule has 20 heavy (non-hydrogen) atoms. The third-order valence-electron chi connectivity index (χ3n) is 3.79. The second kappa shape index (κ2) is 6.70. The second-order valence-corrected chi connectivity index (χ2v) is 5.26. The third-order valence-corrected chi connectivity index (χ3v) is 4.09. The minimum atomic E-state index is -0.162.